The van der Waals surface area contributed by atoms with E-state index >= 15 is 0 Å². The van der Waals surface area contributed by atoms with Crippen molar-refractivity contribution in [3.63, 3.8) is 0 Å². The van der Waals surface area contributed by atoms with Crippen molar-refractivity contribution in [1.29, 1.82) is 0 Å². The van der Waals surface area contributed by atoms with Crippen molar-refractivity contribution in [1.82, 2.24) is 10.0 Å². The van der Waals surface area contributed by atoms with Crippen molar-refractivity contribution >= 4 is 28.5 Å². The number of hydrogen-bond donors (Lipinski definition) is 7. The molecule has 1 fully saturated rings. The van der Waals surface area contributed by atoms with Gasteiger partial charge in [0, 0.05) is 13.0 Å². The Hall–Kier alpha value is -3.30. The molecule has 0 spiro atoms. The average Bonchev–Trinajstić information content (AvgIpc) is 3.10. The van der Waals surface area contributed by atoms with E-state index in [1.807, 2.05) is 0 Å². The number of halogens is 1. The fraction of sp³-hybridized carbons (Fsp3) is 0.391. The highest BCUT2D eigenvalue weighted by Crippen LogP contribution is 2.50. The second kappa shape index (κ2) is 12.3. The molecule has 7 N–H and O–H groups in total. The number of rotatable bonds is 11. The molecular weight excluding hydrogens is 513 g/mol. The smallest absolute Gasteiger partial charge is 0.345 e. The lowest BCUT2D eigenvalue weighted by molar-refractivity contribution is -0.121. The first-order valence-corrected chi connectivity index (χ1v) is 12.9. The van der Waals surface area contributed by atoms with Crippen LogP contribution in [0.15, 0.2) is 30.3 Å². The number of amides is 1. The molecule has 14 heteroatoms. The van der Waals surface area contributed by atoms with Crippen molar-refractivity contribution in [2.24, 2.45) is 0 Å². The molecule has 37 heavy (non-hydrogen) atoms. The molecule has 0 aliphatic carbocycles. The number of β-amino-alcohol motifs (C(OH)–C–C–N with tert-alkyl or cyclic N) is 1. The summed E-state index contributed by atoms with van der Waals surface area (Å²) < 4.78 is 47.6. The van der Waals surface area contributed by atoms with Crippen LogP contribution in [0.5, 0.6) is 17.2 Å². The Morgan fingerprint density at radius 3 is 2.62 bits per heavy atom. The van der Waals surface area contributed by atoms with Gasteiger partial charge in [0.15, 0.2) is 5.82 Å². The molecule has 204 valence electrons. The Kier molecular flexibility index (Phi) is 9.39. The van der Waals surface area contributed by atoms with Crippen LogP contribution in [0.3, 0.4) is 0 Å². The van der Waals surface area contributed by atoms with E-state index in [0.717, 1.165) is 10.4 Å². The number of aromatic hydroxyl groups is 2. The van der Waals surface area contributed by atoms with E-state index in [-0.39, 0.29) is 49.0 Å². The first-order chi connectivity index (χ1) is 17.5. The summed E-state index contributed by atoms with van der Waals surface area (Å²) >= 11 is 0. The van der Waals surface area contributed by atoms with Crippen LogP contribution in [0, 0.1) is 5.82 Å². The maximum absolute atomic E-state index is 14.6. The zero-order valence-electron chi connectivity index (χ0n) is 20.0. The van der Waals surface area contributed by atoms with Gasteiger partial charge in [-0.05, 0) is 49.1 Å². The molecule has 1 amide bonds. The molecular formula is C23H30FN3O9S. The third kappa shape index (κ3) is 7.14. The number of hydrogen-bond acceptors (Lipinski definition) is 11. The highest BCUT2D eigenvalue weighted by molar-refractivity contribution is 8.24. The summed E-state index contributed by atoms with van der Waals surface area (Å²) in [4.78, 5) is 23.9. The maximum atomic E-state index is 14.6. The number of ether oxygens (including phenoxy) is 2. The molecule has 1 atom stereocenters. The molecule has 1 saturated heterocycles. The Morgan fingerprint density at radius 1 is 1.22 bits per heavy atom. The molecule has 3 rings (SSSR count). The van der Waals surface area contributed by atoms with Gasteiger partial charge in [0.1, 0.15) is 34.7 Å². The first-order valence-electron chi connectivity index (χ1n) is 11.4. The fourth-order valence-electron chi connectivity index (χ4n) is 3.72. The van der Waals surface area contributed by atoms with Gasteiger partial charge in [-0.2, -0.15) is 4.72 Å². The second-order valence-corrected chi connectivity index (χ2v) is 9.92. The highest BCUT2D eigenvalue weighted by atomic mass is 32.3. The zero-order chi connectivity index (χ0) is 27.2. The summed E-state index contributed by atoms with van der Waals surface area (Å²) in [7, 11) is -2.49. The van der Waals surface area contributed by atoms with Crippen LogP contribution in [0.25, 0.3) is 0 Å². The van der Waals surface area contributed by atoms with E-state index in [4.69, 9.17) is 4.74 Å². The predicted octanol–water partition coefficient (Wildman–Crippen LogP) is 2.24. The van der Waals surface area contributed by atoms with E-state index in [2.05, 4.69) is 14.8 Å². The molecule has 1 heterocycles. The van der Waals surface area contributed by atoms with Gasteiger partial charge in [-0.1, -0.05) is 17.0 Å². The van der Waals surface area contributed by atoms with Gasteiger partial charge < -0.3 is 30.1 Å². The summed E-state index contributed by atoms with van der Waals surface area (Å²) in [5.74, 6) is -2.53. The summed E-state index contributed by atoms with van der Waals surface area (Å²) in [6.07, 6.45) is -0.0202. The van der Waals surface area contributed by atoms with Crippen LogP contribution < -0.4 is 19.1 Å². The van der Waals surface area contributed by atoms with Crippen molar-refractivity contribution < 1.29 is 47.9 Å². The minimum atomic E-state index is -3.69. The molecule has 0 saturated carbocycles. The van der Waals surface area contributed by atoms with Crippen LogP contribution in [0.4, 0.5) is 10.1 Å². The number of phenolic OH excluding ortho intramolecular Hbond substituents is 2. The van der Waals surface area contributed by atoms with E-state index in [1.165, 1.54) is 31.4 Å². The predicted molar refractivity (Wildman–Crippen MR) is 133 cm³/mol. The monoisotopic (exact) mass is 543 g/mol. The van der Waals surface area contributed by atoms with Gasteiger partial charge in [0.25, 0.3) is 0 Å². The zero-order valence-corrected chi connectivity index (χ0v) is 20.8. The van der Waals surface area contributed by atoms with Crippen molar-refractivity contribution in [3.05, 3.63) is 47.3 Å². The van der Waals surface area contributed by atoms with Crippen molar-refractivity contribution in [3.8, 4) is 17.2 Å². The number of aliphatic hydroxyl groups is 1. The van der Waals surface area contributed by atoms with Gasteiger partial charge in [0.2, 0.25) is 5.91 Å². The van der Waals surface area contributed by atoms with E-state index in [0.29, 0.717) is 24.9 Å². The molecule has 1 aliphatic heterocycles. The van der Waals surface area contributed by atoms with E-state index < -0.39 is 40.4 Å². The van der Waals surface area contributed by atoms with Crippen molar-refractivity contribution in [2.75, 3.05) is 31.1 Å². The summed E-state index contributed by atoms with van der Waals surface area (Å²) in [6, 6.07) is 6.75. The minimum absolute atomic E-state index is 0.0275. The highest BCUT2D eigenvalue weighted by Gasteiger charge is 2.38. The minimum Gasteiger partial charge on any atom is -0.507 e. The first kappa shape index (κ1) is 28.3. The number of phenols is 2. The lowest BCUT2D eigenvalue weighted by atomic mass is 10.1. The lowest BCUT2D eigenvalue weighted by Crippen LogP contribution is -2.26. The number of carbonyl (C=O) groups excluding carboxylic acids is 2. The fourth-order valence-corrected chi connectivity index (χ4v) is 5.07. The third-order valence-corrected chi connectivity index (χ3v) is 7.01. The summed E-state index contributed by atoms with van der Waals surface area (Å²) in [5, 5.41) is 32.4. The normalized spacial score (nSPS) is 17.3. The van der Waals surface area contributed by atoms with Crippen LogP contribution in [-0.4, -0.2) is 69.3 Å². The SMILES string of the molecule is COC(=O)c1c(O)cccc1OCCCCNC(=O)CCc1cc(O)c(N2CC(O)NS2(O)O)c(F)c1. The number of benzene rings is 2. The number of carbonyl (C=O) groups is 2. The Bertz CT molecular complexity index is 1110. The Morgan fingerprint density at radius 2 is 1.97 bits per heavy atom. The largest absolute Gasteiger partial charge is 0.507 e. The quantitative estimate of drug-likeness (QED) is 0.163. The number of nitrogens with one attached hydrogen (secondary N) is 2. The number of aliphatic hydroxyl groups excluding tert-OH is 1. The number of methoxy groups -OCH3 is 1. The Balaban J connectivity index is 1.41. The van der Waals surface area contributed by atoms with Crippen LogP contribution >= 0.6 is 11.0 Å². The molecule has 0 bridgehead atoms. The summed E-state index contributed by atoms with van der Waals surface area (Å²) in [6.45, 7) is 0.259. The second-order valence-electron chi connectivity index (χ2n) is 8.21. The summed E-state index contributed by atoms with van der Waals surface area (Å²) in [5.41, 5.74) is -0.181. The van der Waals surface area contributed by atoms with Crippen molar-refractivity contribution in [2.45, 2.75) is 31.9 Å². The number of aryl methyl sites for hydroxylation is 1. The topological polar surface area (TPSA) is 181 Å². The maximum Gasteiger partial charge on any atom is 0.345 e. The van der Waals surface area contributed by atoms with Crippen LogP contribution in [0.1, 0.15) is 35.2 Å². The van der Waals surface area contributed by atoms with E-state index in [9.17, 15) is 38.4 Å². The average molecular weight is 544 g/mol. The van der Waals surface area contributed by atoms with E-state index in [1.54, 1.807) is 0 Å². The molecule has 2 aromatic carbocycles. The van der Waals surface area contributed by atoms with Gasteiger partial charge >= 0.3 is 5.97 Å². The van der Waals surface area contributed by atoms with Crippen LogP contribution in [-0.2, 0) is 16.0 Å². The third-order valence-electron chi connectivity index (χ3n) is 5.48. The number of esters is 1. The lowest BCUT2D eigenvalue weighted by Gasteiger charge is -2.37. The molecule has 0 radical (unpaired) electrons. The van der Waals surface area contributed by atoms with Gasteiger partial charge in [-0.15, -0.1) is 0 Å². The number of anilines is 1. The number of nitrogens with zero attached hydrogens (tertiary/aromatic N) is 1. The van der Waals surface area contributed by atoms with Gasteiger partial charge in [0.05, 0.1) is 20.3 Å². The standard InChI is InChI=1S/C23H30FN3O9S/c1-35-23(32)21-16(28)5-4-6-18(21)36-10-3-2-9-25-19(30)8-7-14-11-15(24)22(17(29)12-14)27-13-20(31)26-37(27,33)34/h4-6,11-12,20,26,28-29,31,33-34H,2-3,7-10,13H2,1H3,(H,25,30). The molecule has 1 unspecified atom stereocenters. The number of unbranched alkanes of at least 4 members (excludes halogenated alkanes) is 1. The van der Waals surface area contributed by atoms with Crippen LogP contribution in [0.2, 0.25) is 0 Å². The van der Waals surface area contributed by atoms with Gasteiger partial charge in [-0.3, -0.25) is 13.9 Å². The molecule has 12 nitrogen and oxygen atoms in total. The van der Waals surface area contributed by atoms with Gasteiger partial charge in [-0.25, -0.2) is 13.5 Å². The molecule has 2 aromatic rings. The molecule has 1 aliphatic rings. The Labute approximate surface area is 214 Å². The molecule has 0 aromatic heterocycles.